The number of nitrogens with two attached hydrogens (primary N) is 1. The zero-order valence-corrected chi connectivity index (χ0v) is 9.48. The summed E-state index contributed by atoms with van der Waals surface area (Å²) in [4.78, 5) is 19.5. The highest BCUT2D eigenvalue weighted by Crippen LogP contribution is 2.19. The van der Waals surface area contributed by atoms with Crippen molar-refractivity contribution in [1.29, 1.82) is 0 Å². The van der Waals surface area contributed by atoms with Gasteiger partial charge in [0.2, 0.25) is 0 Å². The number of carbonyl (C=O) groups excluding carboxylic acids is 1. The lowest BCUT2D eigenvalue weighted by molar-refractivity contribution is 0.102. The number of amides is 1. The maximum atomic E-state index is 11.9. The normalized spacial score (nSPS) is 9.94. The van der Waals surface area contributed by atoms with Crippen molar-refractivity contribution in [3.63, 3.8) is 0 Å². The van der Waals surface area contributed by atoms with Crippen molar-refractivity contribution in [3.8, 4) is 0 Å². The van der Waals surface area contributed by atoms with Crippen molar-refractivity contribution in [2.45, 2.75) is 0 Å². The Morgan fingerprint density at radius 1 is 1.29 bits per heavy atom. The fourth-order valence-corrected chi connectivity index (χ4v) is 1.46. The van der Waals surface area contributed by atoms with Gasteiger partial charge in [-0.1, -0.05) is 11.6 Å². The first-order valence-corrected chi connectivity index (χ1v) is 5.16. The Morgan fingerprint density at radius 2 is 2.00 bits per heavy atom. The van der Waals surface area contributed by atoms with E-state index in [-0.39, 0.29) is 5.91 Å². The number of halogens is 1. The number of hydrogen-bond acceptors (Lipinski definition) is 4. The van der Waals surface area contributed by atoms with Crippen molar-refractivity contribution in [2.75, 3.05) is 11.1 Å². The molecule has 0 saturated carbocycles. The molecule has 6 heteroatoms. The summed E-state index contributed by atoms with van der Waals surface area (Å²) in [6.07, 6.45) is 4.36. The van der Waals surface area contributed by atoms with Crippen LogP contribution >= 0.6 is 11.6 Å². The van der Waals surface area contributed by atoms with Crippen LogP contribution in [0.1, 0.15) is 10.4 Å². The molecule has 2 rings (SSSR count). The predicted molar refractivity (Wildman–Crippen MR) is 65.8 cm³/mol. The topological polar surface area (TPSA) is 80.9 Å². The van der Waals surface area contributed by atoms with Crippen molar-refractivity contribution >= 4 is 28.9 Å². The number of nitrogen functional groups attached to an aromatic ring is 1. The highest BCUT2D eigenvalue weighted by Gasteiger charge is 2.10. The second-order valence-corrected chi connectivity index (χ2v) is 3.75. The van der Waals surface area contributed by atoms with Gasteiger partial charge in [-0.05, 0) is 18.2 Å². The Kier molecular flexibility index (Phi) is 3.20. The summed E-state index contributed by atoms with van der Waals surface area (Å²) < 4.78 is 0. The molecular weight excluding hydrogens is 240 g/mol. The van der Waals surface area contributed by atoms with E-state index in [0.717, 1.165) is 0 Å². The van der Waals surface area contributed by atoms with Gasteiger partial charge in [-0.25, -0.2) is 9.97 Å². The molecular formula is C11H9ClN4O. The smallest absolute Gasteiger partial charge is 0.257 e. The summed E-state index contributed by atoms with van der Waals surface area (Å²) in [5.74, 6) is -0.347. The maximum absolute atomic E-state index is 11.9. The zero-order chi connectivity index (χ0) is 12.3. The van der Waals surface area contributed by atoms with Crippen LogP contribution in [-0.4, -0.2) is 15.9 Å². The molecule has 1 amide bonds. The Bertz CT molecular complexity index is 544. The first-order valence-electron chi connectivity index (χ1n) is 4.78. The average molecular weight is 249 g/mol. The molecule has 0 spiro atoms. The molecule has 0 unspecified atom stereocenters. The molecule has 2 aromatic rings. The first-order chi connectivity index (χ1) is 8.16. The van der Waals surface area contributed by atoms with Crippen LogP contribution in [0.4, 0.5) is 11.4 Å². The molecule has 1 aromatic carbocycles. The molecule has 5 nitrogen and oxygen atoms in total. The molecule has 0 aliphatic carbocycles. The van der Waals surface area contributed by atoms with E-state index in [1.165, 1.54) is 24.8 Å². The molecule has 0 saturated heterocycles. The second-order valence-electron chi connectivity index (χ2n) is 3.31. The summed E-state index contributed by atoms with van der Waals surface area (Å²) in [5.41, 5.74) is 6.88. The van der Waals surface area contributed by atoms with Crippen LogP contribution in [-0.2, 0) is 0 Å². The van der Waals surface area contributed by atoms with Gasteiger partial charge in [-0.15, -0.1) is 0 Å². The van der Waals surface area contributed by atoms with Crippen molar-refractivity contribution in [1.82, 2.24) is 9.97 Å². The number of anilines is 2. The lowest BCUT2D eigenvalue weighted by Gasteiger charge is -2.07. The van der Waals surface area contributed by atoms with Crippen LogP contribution < -0.4 is 11.1 Å². The van der Waals surface area contributed by atoms with E-state index < -0.39 is 0 Å². The molecule has 1 heterocycles. The van der Waals surface area contributed by atoms with Crippen molar-refractivity contribution in [2.24, 2.45) is 0 Å². The van der Waals surface area contributed by atoms with E-state index in [1.807, 2.05) is 0 Å². The fourth-order valence-electron chi connectivity index (χ4n) is 1.29. The molecule has 0 fully saturated rings. The number of benzene rings is 1. The Labute approximate surface area is 103 Å². The van der Waals surface area contributed by atoms with Crippen LogP contribution in [0.5, 0.6) is 0 Å². The molecule has 86 valence electrons. The molecule has 0 atom stereocenters. The van der Waals surface area contributed by atoms with Crippen LogP contribution in [0, 0.1) is 0 Å². The SMILES string of the molecule is Nc1ccc(Cl)cc1C(=O)Nc1cncnc1. The zero-order valence-electron chi connectivity index (χ0n) is 8.72. The Hall–Kier alpha value is -2.14. The van der Waals surface area contributed by atoms with Gasteiger partial charge in [-0.2, -0.15) is 0 Å². The number of rotatable bonds is 2. The summed E-state index contributed by atoms with van der Waals surface area (Å²) >= 11 is 5.80. The molecule has 0 bridgehead atoms. The highest BCUT2D eigenvalue weighted by molar-refractivity contribution is 6.31. The highest BCUT2D eigenvalue weighted by atomic mass is 35.5. The van der Waals surface area contributed by atoms with Crippen molar-refractivity contribution in [3.05, 3.63) is 47.5 Å². The van der Waals surface area contributed by atoms with Gasteiger partial charge in [-0.3, -0.25) is 4.79 Å². The minimum Gasteiger partial charge on any atom is -0.398 e. The first kappa shape index (κ1) is 11.3. The number of carbonyl (C=O) groups is 1. The van der Waals surface area contributed by atoms with Gasteiger partial charge in [0.05, 0.1) is 23.6 Å². The molecule has 1 aromatic heterocycles. The molecule has 0 aliphatic heterocycles. The predicted octanol–water partition coefficient (Wildman–Crippen LogP) is 1.96. The van der Waals surface area contributed by atoms with Crippen LogP contribution in [0.25, 0.3) is 0 Å². The molecule has 17 heavy (non-hydrogen) atoms. The average Bonchev–Trinajstić information content (AvgIpc) is 2.33. The summed E-state index contributed by atoms with van der Waals surface area (Å²) in [7, 11) is 0. The van der Waals surface area contributed by atoms with Gasteiger partial charge in [0, 0.05) is 10.7 Å². The largest absolute Gasteiger partial charge is 0.398 e. The molecule has 3 N–H and O–H groups in total. The minimum atomic E-state index is -0.347. The van der Waals surface area contributed by atoms with Gasteiger partial charge in [0.15, 0.2) is 0 Å². The minimum absolute atomic E-state index is 0.321. The van der Waals surface area contributed by atoms with E-state index >= 15 is 0 Å². The van der Waals surface area contributed by atoms with E-state index in [1.54, 1.807) is 12.1 Å². The maximum Gasteiger partial charge on any atom is 0.257 e. The Morgan fingerprint density at radius 3 is 2.71 bits per heavy atom. The van der Waals surface area contributed by atoms with Crippen molar-refractivity contribution < 1.29 is 4.79 Å². The molecule has 0 aliphatic rings. The third-order valence-corrected chi connectivity index (χ3v) is 2.31. The Balaban J connectivity index is 2.23. The number of nitrogens with zero attached hydrogens (tertiary/aromatic N) is 2. The van der Waals surface area contributed by atoms with Crippen LogP contribution in [0.2, 0.25) is 5.02 Å². The number of aromatic nitrogens is 2. The number of nitrogens with one attached hydrogen (secondary N) is 1. The summed E-state index contributed by atoms with van der Waals surface area (Å²) in [6, 6.07) is 4.72. The van der Waals surface area contributed by atoms with Gasteiger partial charge >= 0.3 is 0 Å². The van der Waals surface area contributed by atoms with E-state index in [2.05, 4.69) is 15.3 Å². The standard InChI is InChI=1S/C11H9ClN4O/c12-7-1-2-10(13)9(3-7)11(17)16-8-4-14-6-15-5-8/h1-6H,13H2,(H,16,17). The monoisotopic (exact) mass is 248 g/mol. The van der Waals surface area contributed by atoms with E-state index in [0.29, 0.717) is 22.0 Å². The van der Waals surface area contributed by atoms with E-state index in [4.69, 9.17) is 17.3 Å². The van der Waals surface area contributed by atoms with Crippen LogP contribution in [0.3, 0.4) is 0 Å². The summed E-state index contributed by atoms with van der Waals surface area (Å²) in [6.45, 7) is 0. The lowest BCUT2D eigenvalue weighted by atomic mass is 10.1. The number of hydrogen-bond donors (Lipinski definition) is 2. The fraction of sp³-hybridized carbons (Fsp3) is 0. The van der Waals surface area contributed by atoms with Gasteiger partial charge < -0.3 is 11.1 Å². The van der Waals surface area contributed by atoms with Crippen LogP contribution in [0.15, 0.2) is 36.9 Å². The third kappa shape index (κ3) is 2.70. The molecule has 0 radical (unpaired) electrons. The lowest BCUT2D eigenvalue weighted by Crippen LogP contribution is -2.14. The summed E-state index contributed by atoms with van der Waals surface area (Å²) in [5, 5.41) is 3.08. The second kappa shape index (κ2) is 4.80. The quantitative estimate of drug-likeness (QED) is 0.796. The van der Waals surface area contributed by atoms with Gasteiger partial charge in [0.1, 0.15) is 6.33 Å². The van der Waals surface area contributed by atoms with Gasteiger partial charge in [0.25, 0.3) is 5.91 Å². The van der Waals surface area contributed by atoms with E-state index in [9.17, 15) is 4.79 Å². The third-order valence-electron chi connectivity index (χ3n) is 2.08.